The van der Waals surface area contributed by atoms with E-state index < -0.39 is 27.4 Å². The van der Waals surface area contributed by atoms with Gasteiger partial charge in [0.2, 0.25) is 0 Å². The molecule has 154 valence electrons. The summed E-state index contributed by atoms with van der Waals surface area (Å²) in [6.07, 6.45) is 0. The number of carbonyl (C=O) groups excluding carboxylic acids is 1. The molecule has 0 saturated heterocycles. The first-order valence-electron chi connectivity index (χ1n) is 8.66. The van der Waals surface area contributed by atoms with Crippen LogP contribution in [0, 0.1) is 11.6 Å². The molecule has 0 fully saturated rings. The van der Waals surface area contributed by atoms with E-state index in [0.29, 0.717) is 0 Å². The number of ether oxygens (including phenoxy) is 1. The van der Waals surface area contributed by atoms with E-state index in [9.17, 15) is 22.0 Å². The number of hydrogen-bond donors (Lipinski definition) is 0. The fraction of sp³-hybridized carbons (Fsp3) is 0.263. The molecule has 0 aliphatic rings. The SMILES string of the molecule is CCS(=O)(=O)c1ccccc1C(=O)N=c1sc2cc(F)cc(F)c2n1CCOC. The maximum absolute atomic E-state index is 14.4. The highest BCUT2D eigenvalue weighted by atomic mass is 32.2. The maximum atomic E-state index is 14.4. The maximum Gasteiger partial charge on any atom is 0.280 e. The number of halogens is 2. The molecule has 0 bridgehead atoms. The summed E-state index contributed by atoms with van der Waals surface area (Å²) < 4.78 is 59.3. The number of hydrogen-bond acceptors (Lipinski definition) is 5. The van der Waals surface area contributed by atoms with Crippen molar-refractivity contribution >= 4 is 37.3 Å². The van der Waals surface area contributed by atoms with Gasteiger partial charge < -0.3 is 9.30 Å². The van der Waals surface area contributed by atoms with Gasteiger partial charge in [0.05, 0.1) is 33.0 Å². The second-order valence-corrected chi connectivity index (χ2v) is 9.34. The van der Waals surface area contributed by atoms with Crippen LogP contribution in [0.5, 0.6) is 0 Å². The minimum Gasteiger partial charge on any atom is -0.383 e. The number of aromatic nitrogens is 1. The van der Waals surface area contributed by atoms with Crippen molar-refractivity contribution < 1.29 is 26.7 Å². The quantitative estimate of drug-likeness (QED) is 0.590. The number of rotatable bonds is 6. The smallest absolute Gasteiger partial charge is 0.280 e. The van der Waals surface area contributed by atoms with Gasteiger partial charge in [0.25, 0.3) is 5.91 Å². The van der Waals surface area contributed by atoms with Gasteiger partial charge in [-0.25, -0.2) is 17.2 Å². The van der Waals surface area contributed by atoms with Gasteiger partial charge in [-0.2, -0.15) is 4.99 Å². The zero-order chi connectivity index (χ0) is 21.2. The lowest BCUT2D eigenvalue weighted by atomic mass is 10.2. The van der Waals surface area contributed by atoms with Gasteiger partial charge in [-0.05, 0) is 18.2 Å². The molecule has 0 spiro atoms. The standard InChI is InChI=1S/C19H18F2N2O4S2/c1-3-29(25,26)16-7-5-4-6-13(16)18(24)22-19-23(8-9-27-2)17-14(21)10-12(20)11-15(17)28-19/h4-7,10-11H,3,8-9H2,1-2H3. The number of nitrogens with zero attached hydrogens (tertiary/aromatic N) is 2. The number of carbonyl (C=O) groups is 1. The molecule has 3 rings (SSSR count). The van der Waals surface area contributed by atoms with Gasteiger partial charge in [-0.15, -0.1) is 0 Å². The Hall–Kier alpha value is -2.43. The van der Waals surface area contributed by atoms with Gasteiger partial charge >= 0.3 is 0 Å². The van der Waals surface area contributed by atoms with E-state index in [2.05, 4.69) is 4.99 Å². The van der Waals surface area contributed by atoms with Gasteiger partial charge in [0.15, 0.2) is 20.5 Å². The minimum absolute atomic E-state index is 0.0725. The molecule has 1 amide bonds. The molecule has 0 atom stereocenters. The molecular weight excluding hydrogens is 422 g/mol. The summed E-state index contributed by atoms with van der Waals surface area (Å²) in [6.45, 7) is 1.88. The van der Waals surface area contributed by atoms with Crippen LogP contribution in [0.4, 0.5) is 8.78 Å². The summed E-state index contributed by atoms with van der Waals surface area (Å²) in [6, 6.07) is 7.70. The highest BCUT2D eigenvalue weighted by Gasteiger charge is 2.21. The first-order valence-corrected chi connectivity index (χ1v) is 11.1. The van der Waals surface area contributed by atoms with Gasteiger partial charge in [-0.1, -0.05) is 30.4 Å². The molecule has 0 aliphatic carbocycles. The fourth-order valence-corrected chi connectivity index (χ4v) is 5.00. The Balaban J connectivity index is 2.21. The summed E-state index contributed by atoms with van der Waals surface area (Å²) in [5.74, 6) is -2.47. The molecule has 0 saturated carbocycles. The monoisotopic (exact) mass is 440 g/mol. The molecule has 0 radical (unpaired) electrons. The summed E-state index contributed by atoms with van der Waals surface area (Å²) >= 11 is 0.935. The molecule has 0 unspecified atom stereocenters. The zero-order valence-electron chi connectivity index (χ0n) is 15.7. The van der Waals surface area contributed by atoms with Crippen molar-refractivity contribution in [2.45, 2.75) is 18.4 Å². The van der Waals surface area contributed by atoms with Crippen molar-refractivity contribution in [1.29, 1.82) is 0 Å². The fourth-order valence-electron chi connectivity index (χ4n) is 2.82. The first kappa shape index (κ1) is 21.3. The van der Waals surface area contributed by atoms with E-state index in [4.69, 9.17) is 4.74 Å². The average molecular weight is 440 g/mol. The average Bonchev–Trinajstić information content (AvgIpc) is 3.03. The highest BCUT2D eigenvalue weighted by Crippen LogP contribution is 2.23. The second kappa shape index (κ2) is 8.52. The molecule has 2 aromatic carbocycles. The van der Waals surface area contributed by atoms with Crippen LogP contribution in [0.2, 0.25) is 0 Å². The van der Waals surface area contributed by atoms with Crippen LogP contribution in [0.15, 0.2) is 46.3 Å². The third-order valence-corrected chi connectivity index (χ3v) is 7.06. The topological polar surface area (TPSA) is 77.7 Å². The molecular formula is C19H18F2N2O4S2. The highest BCUT2D eigenvalue weighted by molar-refractivity contribution is 7.91. The number of thiazole rings is 1. The van der Waals surface area contributed by atoms with Crippen molar-refractivity contribution in [2.24, 2.45) is 4.99 Å². The lowest BCUT2D eigenvalue weighted by Crippen LogP contribution is -2.20. The number of methoxy groups -OCH3 is 1. The van der Waals surface area contributed by atoms with E-state index in [1.807, 2.05) is 0 Å². The number of fused-ring (bicyclic) bond motifs is 1. The molecule has 1 aromatic heterocycles. The molecule has 29 heavy (non-hydrogen) atoms. The molecule has 10 heteroatoms. The summed E-state index contributed by atoms with van der Waals surface area (Å²) in [5.41, 5.74) is 0.0335. The van der Waals surface area contributed by atoms with Crippen molar-refractivity contribution in [3.63, 3.8) is 0 Å². The molecule has 3 aromatic rings. The minimum atomic E-state index is -3.64. The summed E-state index contributed by atoms with van der Waals surface area (Å²) in [7, 11) is -2.17. The van der Waals surface area contributed by atoms with E-state index in [1.165, 1.54) is 42.9 Å². The predicted molar refractivity (Wildman–Crippen MR) is 106 cm³/mol. The van der Waals surface area contributed by atoms with Crippen molar-refractivity contribution in [2.75, 3.05) is 19.5 Å². The van der Waals surface area contributed by atoms with Gasteiger partial charge in [0.1, 0.15) is 5.82 Å². The van der Waals surface area contributed by atoms with Crippen molar-refractivity contribution in [3.05, 3.63) is 58.4 Å². The van der Waals surface area contributed by atoms with Gasteiger partial charge in [0, 0.05) is 19.7 Å². The van der Waals surface area contributed by atoms with E-state index in [-0.39, 0.29) is 44.4 Å². The molecule has 0 aliphatic heterocycles. The summed E-state index contributed by atoms with van der Waals surface area (Å²) in [4.78, 5) is 16.9. The Morgan fingerprint density at radius 1 is 1.24 bits per heavy atom. The first-order chi connectivity index (χ1) is 13.8. The lowest BCUT2D eigenvalue weighted by Gasteiger charge is -2.07. The second-order valence-electron chi connectivity index (χ2n) is 6.08. The number of amides is 1. The van der Waals surface area contributed by atoms with Crippen LogP contribution in [0.1, 0.15) is 17.3 Å². The molecule has 1 heterocycles. The Labute approximate surface area is 170 Å². The van der Waals surface area contributed by atoms with E-state index in [0.717, 1.165) is 23.5 Å². The third-order valence-electron chi connectivity index (χ3n) is 4.24. The Kier molecular flexibility index (Phi) is 6.25. The van der Waals surface area contributed by atoms with Crippen LogP contribution >= 0.6 is 11.3 Å². The van der Waals surface area contributed by atoms with Crippen molar-refractivity contribution in [1.82, 2.24) is 4.57 Å². The van der Waals surface area contributed by atoms with Crippen LogP contribution in [0.3, 0.4) is 0 Å². The van der Waals surface area contributed by atoms with Crippen molar-refractivity contribution in [3.8, 4) is 0 Å². The zero-order valence-corrected chi connectivity index (χ0v) is 17.3. The molecule has 0 N–H and O–H groups in total. The lowest BCUT2D eigenvalue weighted by molar-refractivity contribution is 0.0994. The largest absolute Gasteiger partial charge is 0.383 e. The Morgan fingerprint density at radius 2 is 1.97 bits per heavy atom. The predicted octanol–water partition coefficient (Wildman–Crippen LogP) is 3.16. The van der Waals surface area contributed by atoms with Gasteiger partial charge in [-0.3, -0.25) is 4.79 Å². The number of benzene rings is 2. The van der Waals surface area contributed by atoms with E-state index >= 15 is 0 Å². The molecule has 6 nitrogen and oxygen atoms in total. The number of sulfone groups is 1. The van der Waals surface area contributed by atoms with E-state index in [1.54, 1.807) is 0 Å². The summed E-state index contributed by atoms with van der Waals surface area (Å²) in [5, 5.41) is 0. The van der Waals surface area contributed by atoms with Crippen LogP contribution in [0.25, 0.3) is 10.2 Å². The normalized spacial score (nSPS) is 12.6. The van der Waals surface area contributed by atoms with Crippen LogP contribution < -0.4 is 4.80 Å². The van der Waals surface area contributed by atoms with Crippen LogP contribution in [-0.4, -0.2) is 38.4 Å². The Morgan fingerprint density at radius 3 is 2.66 bits per heavy atom. The third kappa shape index (κ3) is 4.29. The van der Waals surface area contributed by atoms with Crippen LogP contribution in [-0.2, 0) is 21.1 Å². The Bertz CT molecular complexity index is 1250.